The number of hydrogen-bond donors (Lipinski definition) is 1. The SMILES string of the molecule is Cc1cccc(-c2cc(F)[nH]n2)c1. The summed E-state index contributed by atoms with van der Waals surface area (Å²) in [4.78, 5) is 0. The van der Waals surface area contributed by atoms with Crippen molar-refractivity contribution >= 4 is 0 Å². The molecule has 3 heteroatoms. The molecule has 0 aliphatic carbocycles. The van der Waals surface area contributed by atoms with E-state index in [1.54, 1.807) is 0 Å². The predicted molar refractivity (Wildman–Crippen MR) is 48.7 cm³/mol. The first-order valence-electron chi connectivity index (χ1n) is 4.03. The van der Waals surface area contributed by atoms with E-state index in [-0.39, 0.29) is 0 Å². The lowest BCUT2D eigenvalue weighted by Crippen LogP contribution is -1.78. The molecule has 0 bridgehead atoms. The summed E-state index contributed by atoms with van der Waals surface area (Å²) in [5, 5.41) is 6.10. The summed E-state index contributed by atoms with van der Waals surface area (Å²) < 4.78 is 12.6. The molecule has 0 saturated heterocycles. The average Bonchev–Trinajstić information content (AvgIpc) is 2.52. The van der Waals surface area contributed by atoms with E-state index >= 15 is 0 Å². The van der Waals surface area contributed by atoms with Crippen molar-refractivity contribution in [2.75, 3.05) is 0 Å². The van der Waals surface area contributed by atoms with Crippen LogP contribution in [0.5, 0.6) is 0 Å². The van der Waals surface area contributed by atoms with Gasteiger partial charge in [0.25, 0.3) is 0 Å². The van der Waals surface area contributed by atoms with Crippen LogP contribution < -0.4 is 0 Å². The standard InChI is InChI=1S/C10H9FN2/c1-7-3-2-4-8(5-7)9-6-10(11)13-12-9/h2-6H,1H3,(H,12,13). The molecule has 2 rings (SSSR count). The van der Waals surface area contributed by atoms with Gasteiger partial charge in [0.05, 0.1) is 5.69 Å². The van der Waals surface area contributed by atoms with Gasteiger partial charge in [-0.2, -0.15) is 9.49 Å². The third-order valence-electron chi connectivity index (χ3n) is 1.86. The second-order valence-electron chi connectivity index (χ2n) is 2.97. The highest BCUT2D eigenvalue weighted by Gasteiger charge is 2.02. The number of benzene rings is 1. The minimum absolute atomic E-state index is 0.406. The van der Waals surface area contributed by atoms with Crippen LogP contribution in [0.25, 0.3) is 11.3 Å². The fourth-order valence-electron chi connectivity index (χ4n) is 1.25. The van der Waals surface area contributed by atoms with Gasteiger partial charge in [0.1, 0.15) is 0 Å². The van der Waals surface area contributed by atoms with Gasteiger partial charge in [0.15, 0.2) is 0 Å². The number of aromatic amines is 1. The van der Waals surface area contributed by atoms with Crippen LogP contribution in [-0.4, -0.2) is 10.2 Å². The Balaban J connectivity index is 2.46. The van der Waals surface area contributed by atoms with E-state index < -0.39 is 5.95 Å². The van der Waals surface area contributed by atoms with E-state index in [1.165, 1.54) is 6.07 Å². The molecule has 0 radical (unpaired) electrons. The maximum absolute atomic E-state index is 12.6. The Morgan fingerprint density at radius 2 is 2.15 bits per heavy atom. The quantitative estimate of drug-likeness (QED) is 0.710. The molecule has 66 valence electrons. The van der Waals surface area contributed by atoms with Crippen LogP contribution in [0.2, 0.25) is 0 Å². The minimum Gasteiger partial charge on any atom is -0.252 e. The first-order valence-corrected chi connectivity index (χ1v) is 4.03. The van der Waals surface area contributed by atoms with Crippen LogP contribution in [0, 0.1) is 12.9 Å². The fraction of sp³-hybridized carbons (Fsp3) is 0.100. The smallest absolute Gasteiger partial charge is 0.209 e. The summed E-state index contributed by atoms with van der Waals surface area (Å²) in [6.07, 6.45) is 0. The summed E-state index contributed by atoms with van der Waals surface area (Å²) in [5.41, 5.74) is 2.71. The Morgan fingerprint density at radius 3 is 2.77 bits per heavy atom. The molecule has 0 fully saturated rings. The van der Waals surface area contributed by atoms with Gasteiger partial charge in [0.2, 0.25) is 5.95 Å². The second kappa shape index (κ2) is 3.01. The Bertz CT molecular complexity index is 420. The molecular formula is C10H9FN2. The largest absolute Gasteiger partial charge is 0.252 e. The van der Waals surface area contributed by atoms with E-state index in [0.29, 0.717) is 5.69 Å². The highest BCUT2D eigenvalue weighted by Crippen LogP contribution is 2.17. The monoisotopic (exact) mass is 176 g/mol. The number of aromatic nitrogens is 2. The maximum Gasteiger partial charge on any atom is 0.209 e. The predicted octanol–water partition coefficient (Wildman–Crippen LogP) is 2.52. The molecule has 1 N–H and O–H groups in total. The first-order chi connectivity index (χ1) is 6.25. The molecular weight excluding hydrogens is 167 g/mol. The van der Waals surface area contributed by atoms with Crippen molar-refractivity contribution < 1.29 is 4.39 Å². The molecule has 0 atom stereocenters. The van der Waals surface area contributed by atoms with Crippen LogP contribution in [0.1, 0.15) is 5.56 Å². The molecule has 0 aliphatic heterocycles. The van der Waals surface area contributed by atoms with Gasteiger partial charge in [-0.3, -0.25) is 5.10 Å². The van der Waals surface area contributed by atoms with Gasteiger partial charge >= 0.3 is 0 Å². The number of nitrogens with one attached hydrogen (secondary N) is 1. The van der Waals surface area contributed by atoms with Crippen LogP contribution >= 0.6 is 0 Å². The average molecular weight is 176 g/mol. The number of halogens is 1. The van der Waals surface area contributed by atoms with Crippen molar-refractivity contribution in [2.45, 2.75) is 6.92 Å². The van der Waals surface area contributed by atoms with Crippen LogP contribution in [-0.2, 0) is 0 Å². The molecule has 0 amide bonds. The minimum atomic E-state index is -0.406. The molecule has 0 saturated carbocycles. The van der Waals surface area contributed by atoms with Gasteiger partial charge in [-0.05, 0) is 13.0 Å². The van der Waals surface area contributed by atoms with Crippen molar-refractivity contribution in [1.29, 1.82) is 0 Å². The third-order valence-corrected chi connectivity index (χ3v) is 1.86. The van der Waals surface area contributed by atoms with E-state index in [2.05, 4.69) is 10.2 Å². The van der Waals surface area contributed by atoms with E-state index in [1.807, 2.05) is 31.2 Å². The molecule has 0 spiro atoms. The molecule has 1 aromatic heterocycles. The van der Waals surface area contributed by atoms with Gasteiger partial charge in [-0.15, -0.1) is 0 Å². The zero-order valence-electron chi connectivity index (χ0n) is 7.21. The van der Waals surface area contributed by atoms with Crippen LogP contribution in [0.4, 0.5) is 4.39 Å². The number of hydrogen-bond acceptors (Lipinski definition) is 1. The van der Waals surface area contributed by atoms with Crippen molar-refractivity contribution in [1.82, 2.24) is 10.2 Å². The molecule has 1 heterocycles. The molecule has 1 aromatic carbocycles. The lowest BCUT2D eigenvalue weighted by Gasteiger charge is -1.96. The summed E-state index contributed by atoms with van der Waals surface area (Å²) in [7, 11) is 0. The Morgan fingerprint density at radius 1 is 1.31 bits per heavy atom. The molecule has 2 aromatic rings. The molecule has 13 heavy (non-hydrogen) atoms. The highest BCUT2D eigenvalue weighted by molar-refractivity contribution is 5.59. The zero-order valence-corrected chi connectivity index (χ0v) is 7.21. The summed E-state index contributed by atoms with van der Waals surface area (Å²) in [5.74, 6) is -0.406. The Labute approximate surface area is 75.4 Å². The maximum atomic E-state index is 12.6. The number of rotatable bonds is 1. The lowest BCUT2D eigenvalue weighted by atomic mass is 10.1. The summed E-state index contributed by atoms with van der Waals surface area (Å²) in [6, 6.07) is 9.18. The molecule has 0 unspecified atom stereocenters. The summed E-state index contributed by atoms with van der Waals surface area (Å²) >= 11 is 0. The topological polar surface area (TPSA) is 28.7 Å². The van der Waals surface area contributed by atoms with Gasteiger partial charge < -0.3 is 0 Å². The van der Waals surface area contributed by atoms with Gasteiger partial charge in [-0.25, -0.2) is 0 Å². The molecule has 0 aliphatic rings. The Kier molecular flexibility index (Phi) is 1.85. The van der Waals surface area contributed by atoms with E-state index in [0.717, 1.165) is 11.1 Å². The highest BCUT2D eigenvalue weighted by atomic mass is 19.1. The van der Waals surface area contributed by atoms with E-state index in [4.69, 9.17) is 0 Å². The van der Waals surface area contributed by atoms with Crippen molar-refractivity contribution in [3.05, 3.63) is 41.8 Å². The normalized spacial score (nSPS) is 10.3. The van der Waals surface area contributed by atoms with Crippen molar-refractivity contribution in [3.8, 4) is 11.3 Å². The second-order valence-corrected chi connectivity index (χ2v) is 2.97. The van der Waals surface area contributed by atoms with E-state index in [9.17, 15) is 4.39 Å². The van der Waals surface area contributed by atoms with Crippen LogP contribution in [0.15, 0.2) is 30.3 Å². The number of nitrogens with zero attached hydrogens (tertiary/aromatic N) is 1. The lowest BCUT2D eigenvalue weighted by molar-refractivity contribution is 0.579. The van der Waals surface area contributed by atoms with Crippen molar-refractivity contribution in [3.63, 3.8) is 0 Å². The van der Waals surface area contributed by atoms with Crippen molar-refractivity contribution in [2.24, 2.45) is 0 Å². The summed E-state index contributed by atoms with van der Waals surface area (Å²) in [6.45, 7) is 1.99. The number of H-pyrrole nitrogens is 1. The van der Waals surface area contributed by atoms with Gasteiger partial charge in [0, 0.05) is 11.6 Å². The first kappa shape index (κ1) is 7.98. The van der Waals surface area contributed by atoms with Crippen LogP contribution in [0.3, 0.4) is 0 Å². The third kappa shape index (κ3) is 1.59. The van der Waals surface area contributed by atoms with Gasteiger partial charge in [-0.1, -0.05) is 23.8 Å². The zero-order chi connectivity index (χ0) is 9.26. The number of aryl methyl sites for hydroxylation is 1. The Hall–Kier alpha value is -1.64. The molecule has 2 nitrogen and oxygen atoms in total. The fourth-order valence-corrected chi connectivity index (χ4v) is 1.25.